The quantitative estimate of drug-likeness (QED) is 0.323. The highest BCUT2D eigenvalue weighted by Gasteiger charge is 2.17. The van der Waals surface area contributed by atoms with Crippen LogP contribution < -0.4 is 9.54 Å². The largest absolute Gasteiger partial charge is 0.494 e. The molecule has 0 bridgehead atoms. The van der Waals surface area contributed by atoms with Crippen LogP contribution in [0.1, 0.15) is 24.4 Å². The molecule has 0 saturated carbocycles. The number of thiazole rings is 1. The van der Waals surface area contributed by atoms with Crippen molar-refractivity contribution in [3.8, 4) is 5.75 Å². The van der Waals surface area contributed by atoms with Crippen LogP contribution in [-0.2, 0) is 11.3 Å². The van der Waals surface area contributed by atoms with E-state index >= 15 is 0 Å². The third-order valence-corrected chi connectivity index (χ3v) is 4.85. The van der Waals surface area contributed by atoms with Crippen molar-refractivity contribution in [3.63, 3.8) is 0 Å². The Hall–Kier alpha value is -2.98. The predicted molar refractivity (Wildman–Crippen MR) is 103 cm³/mol. The first kappa shape index (κ1) is 19.8. The van der Waals surface area contributed by atoms with Gasteiger partial charge in [-0.05, 0) is 38.1 Å². The fourth-order valence-electron chi connectivity index (χ4n) is 2.59. The zero-order valence-electron chi connectivity index (χ0n) is 15.4. The number of benzene rings is 1. The molecule has 0 radical (unpaired) electrons. The van der Waals surface area contributed by atoms with Crippen LogP contribution in [0.4, 0.5) is 5.88 Å². The fraction of sp³-hybridized carbons (Fsp3) is 0.333. The molecule has 10 heteroatoms. The first-order valence-electron chi connectivity index (χ1n) is 8.70. The smallest absolute Gasteiger partial charge is 0.433 e. The van der Waals surface area contributed by atoms with Crippen molar-refractivity contribution in [2.45, 2.75) is 20.4 Å². The summed E-state index contributed by atoms with van der Waals surface area (Å²) in [5, 5.41) is 10.7. The van der Waals surface area contributed by atoms with E-state index in [0.717, 1.165) is 22.0 Å². The number of rotatable bonds is 8. The van der Waals surface area contributed by atoms with E-state index in [0.29, 0.717) is 31.2 Å². The Balaban J connectivity index is 2.02. The number of furan rings is 1. The van der Waals surface area contributed by atoms with E-state index < -0.39 is 16.7 Å². The van der Waals surface area contributed by atoms with Crippen molar-refractivity contribution in [2.24, 2.45) is 4.99 Å². The van der Waals surface area contributed by atoms with Gasteiger partial charge in [0.25, 0.3) is 0 Å². The van der Waals surface area contributed by atoms with Crippen LogP contribution in [0.3, 0.4) is 0 Å². The maximum absolute atomic E-state index is 12.4. The number of ether oxygens (including phenoxy) is 2. The van der Waals surface area contributed by atoms with Gasteiger partial charge in [-0.2, -0.15) is 4.99 Å². The summed E-state index contributed by atoms with van der Waals surface area (Å²) in [5.74, 6) is -0.640. The molecular formula is C18H19N3O6S. The third kappa shape index (κ3) is 4.29. The van der Waals surface area contributed by atoms with Crippen molar-refractivity contribution in [2.75, 3.05) is 19.8 Å². The highest BCUT2D eigenvalue weighted by Crippen LogP contribution is 2.24. The first-order chi connectivity index (χ1) is 13.5. The summed E-state index contributed by atoms with van der Waals surface area (Å²) in [6.07, 6.45) is 0. The average molecular weight is 405 g/mol. The lowest BCUT2D eigenvalue weighted by Crippen LogP contribution is -2.19. The van der Waals surface area contributed by atoms with Crippen molar-refractivity contribution >= 4 is 33.3 Å². The van der Waals surface area contributed by atoms with Crippen molar-refractivity contribution in [3.05, 3.63) is 51.0 Å². The molecule has 0 unspecified atom stereocenters. The number of nitrogens with zero attached hydrogens (tertiary/aromatic N) is 3. The highest BCUT2D eigenvalue weighted by atomic mass is 32.1. The summed E-state index contributed by atoms with van der Waals surface area (Å²) in [6.45, 7) is 5.91. The maximum Gasteiger partial charge on any atom is 0.433 e. The Morgan fingerprint density at radius 2 is 2.11 bits per heavy atom. The second-order valence-corrected chi connectivity index (χ2v) is 6.62. The van der Waals surface area contributed by atoms with Gasteiger partial charge in [0, 0.05) is 13.2 Å². The first-order valence-corrected chi connectivity index (χ1v) is 9.52. The van der Waals surface area contributed by atoms with E-state index in [-0.39, 0.29) is 5.76 Å². The van der Waals surface area contributed by atoms with Gasteiger partial charge >= 0.3 is 11.8 Å². The second-order valence-electron chi connectivity index (χ2n) is 5.61. The van der Waals surface area contributed by atoms with Gasteiger partial charge < -0.3 is 18.5 Å². The van der Waals surface area contributed by atoms with Gasteiger partial charge in [0.2, 0.25) is 5.76 Å². The zero-order valence-corrected chi connectivity index (χ0v) is 16.2. The summed E-state index contributed by atoms with van der Waals surface area (Å²) in [5.41, 5.74) is 0.894. The molecule has 2 heterocycles. The lowest BCUT2D eigenvalue weighted by atomic mass is 10.3. The number of hydrogen-bond donors (Lipinski definition) is 0. The second kappa shape index (κ2) is 8.81. The molecule has 3 rings (SSSR count). The lowest BCUT2D eigenvalue weighted by molar-refractivity contribution is -0.402. The zero-order chi connectivity index (χ0) is 20.1. The van der Waals surface area contributed by atoms with Gasteiger partial charge in [-0.3, -0.25) is 14.9 Å². The number of carbonyl (C=O) groups is 1. The molecule has 0 aliphatic heterocycles. The van der Waals surface area contributed by atoms with E-state index in [2.05, 4.69) is 4.99 Å². The van der Waals surface area contributed by atoms with E-state index in [1.165, 1.54) is 17.4 Å². The number of nitro groups is 1. The molecule has 0 aliphatic carbocycles. The van der Waals surface area contributed by atoms with Crippen molar-refractivity contribution in [1.82, 2.24) is 4.57 Å². The summed E-state index contributed by atoms with van der Waals surface area (Å²) in [4.78, 5) is 27.0. The number of fused-ring (bicyclic) bond motifs is 1. The standard InChI is InChI=1S/C18H19N3O6S/c1-3-25-10-9-20-13-6-5-12(26-4-2)11-15(13)28-18(20)19-17(22)14-7-8-16(27-14)21(23)24/h5-8,11H,3-4,9-10H2,1-2H3. The monoisotopic (exact) mass is 405 g/mol. The topological polar surface area (TPSA) is 109 Å². The minimum absolute atomic E-state index is 0.185. The molecule has 0 aliphatic rings. The molecule has 9 nitrogen and oxygen atoms in total. The Morgan fingerprint density at radius 1 is 1.29 bits per heavy atom. The Kier molecular flexibility index (Phi) is 6.22. The molecule has 1 amide bonds. The van der Waals surface area contributed by atoms with Crippen LogP contribution >= 0.6 is 11.3 Å². The molecule has 2 aromatic heterocycles. The number of aromatic nitrogens is 1. The van der Waals surface area contributed by atoms with E-state index in [1.54, 1.807) is 0 Å². The molecule has 148 valence electrons. The minimum atomic E-state index is -0.701. The van der Waals surface area contributed by atoms with Gasteiger partial charge in [0.05, 0.1) is 29.5 Å². The molecule has 28 heavy (non-hydrogen) atoms. The van der Waals surface area contributed by atoms with Crippen molar-refractivity contribution in [1.29, 1.82) is 0 Å². The van der Waals surface area contributed by atoms with E-state index in [1.807, 2.05) is 36.6 Å². The molecular weight excluding hydrogens is 386 g/mol. The molecule has 0 N–H and O–H groups in total. The predicted octanol–water partition coefficient (Wildman–Crippen LogP) is 3.38. The molecule has 0 atom stereocenters. The van der Waals surface area contributed by atoms with Gasteiger partial charge in [-0.25, -0.2) is 0 Å². The summed E-state index contributed by atoms with van der Waals surface area (Å²) in [6, 6.07) is 8.03. The molecule has 0 saturated heterocycles. The summed E-state index contributed by atoms with van der Waals surface area (Å²) >= 11 is 1.32. The van der Waals surface area contributed by atoms with Gasteiger partial charge in [-0.15, -0.1) is 0 Å². The third-order valence-electron chi connectivity index (χ3n) is 3.81. The van der Waals surface area contributed by atoms with Crippen LogP contribution in [0.15, 0.2) is 39.7 Å². The van der Waals surface area contributed by atoms with Crippen LogP contribution in [-0.4, -0.2) is 35.2 Å². The Morgan fingerprint density at radius 3 is 2.79 bits per heavy atom. The van der Waals surface area contributed by atoms with Gasteiger partial charge in [0.1, 0.15) is 10.7 Å². The van der Waals surface area contributed by atoms with Crippen molar-refractivity contribution < 1.29 is 23.6 Å². The fourth-order valence-corrected chi connectivity index (χ4v) is 3.68. The Labute approximate surface area is 164 Å². The minimum Gasteiger partial charge on any atom is -0.494 e. The molecule has 3 aromatic rings. The average Bonchev–Trinajstić information content (AvgIpc) is 3.28. The summed E-state index contributed by atoms with van der Waals surface area (Å²) < 4.78 is 18.7. The van der Waals surface area contributed by atoms with E-state index in [4.69, 9.17) is 13.9 Å². The van der Waals surface area contributed by atoms with Gasteiger partial charge in [-0.1, -0.05) is 11.3 Å². The van der Waals surface area contributed by atoms with Crippen LogP contribution in [0.25, 0.3) is 10.2 Å². The van der Waals surface area contributed by atoms with Gasteiger partial charge in [0.15, 0.2) is 4.80 Å². The number of carbonyl (C=O) groups excluding carboxylic acids is 1. The Bertz CT molecular complexity index is 1060. The SMILES string of the molecule is CCOCCn1c(=NC(=O)c2ccc([N+](=O)[O-])o2)sc2cc(OCC)ccc21. The van der Waals surface area contributed by atoms with E-state index in [9.17, 15) is 14.9 Å². The maximum atomic E-state index is 12.4. The molecule has 1 aromatic carbocycles. The van der Waals surface area contributed by atoms with Crippen LogP contribution in [0.2, 0.25) is 0 Å². The number of amides is 1. The van der Waals surface area contributed by atoms with Crippen LogP contribution in [0.5, 0.6) is 5.75 Å². The summed E-state index contributed by atoms with van der Waals surface area (Å²) in [7, 11) is 0. The highest BCUT2D eigenvalue weighted by molar-refractivity contribution is 7.16. The molecule has 0 fully saturated rings. The lowest BCUT2D eigenvalue weighted by Gasteiger charge is -2.06. The van der Waals surface area contributed by atoms with Crippen LogP contribution in [0, 0.1) is 10.1 Å². The normalized spacial score (nSPS) is 11.9. The molecule has 0 spiro atoms. The number of hydrogen-bond acceptors (Lipinski definition) is 7.